The zero-order valence-corrected chi connectivity index (χ0v) is 37.9. The van der Waals surface area contributed by atoms with Gasteiger partial charge >= 0.3 is 0 Å². The molecule has 0 unspecified atom stereocenters. The lowest BCUT2D eigenvalue weighted by molar-refractivity contribution is 0.649. The van der Waals surface area contributed by atoms with Crippen LogP contribution in [0.4, 0.5) is 0 Å². The molecule has 6 aromatic carbocycles. The summed E-state index contributed by atoms with van der Waals surface area (Å²) in [6, 6.07) is 43.8. The van der Waals surface area contributed by atoms with E-state index < -0.39 is 0 Å². The number of nitrogens with zero attached hydrogens (tertiary/aromatic N) is 1. The Bertz CT molecular complexity index is 2860. The van der Waals surface area contributed by atoms with Gasteiger partial charge in [-0.1, -0.05) is 172 Å². The fourth-order valence-corrected chi connectivity index (χ4v) is 11.3. The first-order chi connectivity index (χ1) is 29.0. The molecule has 300 valence electrons. The van der Waals surface area contributed by atoms with Gasteiger partial charge in [-0.15, -0.1) is 11.3 Å². The molecule has 0 saturated carbocycles. The molecule has 60 heavy (non-hydrogen) atoms. The fourth-order valence-electron chi connectivity index (χ4n) is 10.3. The molecule has 7 aromatic rings. The van der Waals surface area contributed by atoms with Crippen molar-refractivity contribution in [3.05, 3.63) is 176 Å². The molecule has 0 N–H and O–H groups in total. The second-order valence-electron chi connectivity index (χ2n) is 17.9. The highest BCUT2D eigenvalue weighted by molar-refractivity contribution is 7.15. The summed E-state index contributed by atoms with van der Waals surface area (Å²) in [5.74, 6) is 0. The Morgan fingerprint density at radius 2 is 0.917 bits per heavy atom. The minimum Gasteiger partial charge on any atom is -0.236 e. The average Bonchev–Trinajstić information content (AvgIpc) is 3.95. The molecule has 11 rings (SSSR count). The summed E-state index contributed by atoms with van der Waals surface area (Å²) >= 11 is 1.87. The van der Waals surface area contributed by atoms with E-state index in [1.54, 1.807) is 0 Å². The Balaban J connectivity index is 0.00000112. The minimum absolute atomic E-state index is 0.110. The van der Waals surface area contributed by atoms with E-state index in [0.717, 1.165) is 23.5 Å². The molecule has 1 heterocycles. The predicted octanol–water partition coefficient (Wildman–Crippen LogP) is 16.6. The summed E-state index contributed by atoms with van der Waals surface area (Å²) in [4.78, 5) is 6.48. The highest BCUT2D eigenvalue weighted by atomic mass is 32.1. The van der Waals surface area contributed by atoms with E-state index in [1.165, 1.54) is 99.5 Å². The van der Waals surface area contributed by atoms with Crippen LogP contribution in [0.25, 0.3) is 73.3 Å². The van der Waals surface area contributed by atoms with Crippen LogP contribution in [0.5, 0.6) is 0 Å². The van der Waals surface area contributed by atoms with E-state index in [0.29, 0.717) is 0 Å². The monoisotopic (exact) mass is 799 g/mol. The standard InChI is InChI=1S/C54H45NS.2C2H6/c1-52(2)43-26-33(17-16-32-18-21-35(22-19-32)34-12-8-7-9-13-34)20-24-37(43)39-28-47-41(30-45(39)52)42-31-46-40(29-48(42)54(47,5)6)38-25-23-36(27-44(38)53(46,3)4)51-55-49-14-10-11-15-50(49)56-51;2*1-2/h7-10,12-14,16-31H,11,15H2,1-6H3;2*1-2H3/b17-16+;;. The molecule has 0 amide bonds. The zero-order valence-electron chi connectivity index (χ0n) is 37.0. The number of aromatic nitrogens is 1. The van der Waals surface area contributed by atoms with E-state index in [-0.39, 0.29) is 16.2 Å². The maximum absolute atomic E-state index is 5.06. The topological polar surface area (TPSA) is 12.9 Å². The molecule has 0 bridgehead atoms. The van der Waals surface area contributed by atoms with E-state index in [9.17, 15) is 0 Å². The SMILES string of the molecule is CC.CC.CC1(C)c2cc(/C=C/c3ccc(-c4ccccc4)cc3)ccc2-c2cc3c(cc21)-c1cc2c(cc1C3(C)C)-c1ccc(-c3nc4c(s3)CCC=C4)cc1C2(C)C. The van der Waals surface area contributed by atoms with Crippen LogP contribution in [0.2, 0.25) is 0 Å². The average molecular weight is 800 g/mol. The maximum Gasteiger partial charge on any atom is 0.124 e. The quantitative estimate of drug-likeness (QED) is 0.162. The molecular formula is C58H57NS. The van der Waals surface area contributed by atoms with Crippen molar-refractivity contribution in [1.82, 2.24) is 4.98 Å². The van der Waals surface area contributed by atoms with Crippen LogP contribution in [0, 0.1) is 0 Å². The molecule has 4 aliphatic carbocycles. The number of benzene rings is 6. The highest BCUT2D eigenvalue weighted by Crippen LogP contribution is 2.59. The van der Waals surface area contributed by atoms with E-state index in [4.69, 9.17) is 4.98 Å². The highest BCUT2D eigenvalue weighted by Gasteiger charge is 2.44. The number of hydrogen-bond donors (Lipinski definition) is 0. The van der Waals surface area contributed by atoms with Gasteiger partial charge in [-0.3, -0.25) is 0 Å². The first-order valence-electron chi connectivity index (χ1n) is 22.2. The molecule has 0 aliphatic heterocycles. The molecule has 0 fully saturated rings. The van der Waals surface area contributed by atoms with Crippen molar-refractivity contribution in [2.24, 2.45) is 0 Å². The van der Waals surface area contributed by atoms with Gasteiger partial charge < -0.3 is 0 Å². The lowest BCUT2D eigenvalue weighted by Crippen LogP contribution is -2.17. The van der Waals surface area contributed by atoms with Gasteiger partial charge in [-0.05, 0) is 138 Å². The molecule has 0 saturated heterocycles. The van der Waals surface area contributed by atoms with Crippen molar-refractivity contribution < 1.29 is 0 Å². The largest absolute Gasteiger partial charge is 0.236 e. The van der Waals surface area contributed by atoms with Crippen LogP contribution < -0.4 is 0 Å². The number of rotatable bonds is 4. The van der Waals surface area contributed by atoms with Crippen molar-refractivity contribution >= 4 is 29.6 Å². The molecule has 0 spiro atoms. The van der Waals surface area contributed by atoms with Crippen molar-refractivity contribution in [2.75, 3.05) is 0 Å². The fraction of sp³-hybridized carbons (Fsp3) is 0.259. The number of fused-ring (bicyclic) bond motifs is 10. The molecule has 2 heteroatoms. The van der Waals surface area contributed by atoms with Crippen LogP contribution in [-0.4, -0.2) is 4.98 Å². The van der Waals surface area contributed by atoms with Crippen molar-refractivity contribution in [1.29, 1.82) is 0 Å². The van der Waals surface area contributed by atoms with E-state index in [2.05, 4.69) is 181 Å². The van der Waals surface area contributed by atoms with E-state index >= 15 is 0 Å². The molecular weight excluding hydrogens is 743 g/mol. The summed E-state index contributed by atoms with van der Waals surface area (Å²) < 4.78 is 0. The lowest BCUT2D eigenvalue weighted by atomic mass is 9.78. The number of aryl methyl sites for hydroxylation is 1. The van der Waals surface area contributed by atoms with Gasteiger partial charge in [0.2, 0.25) is 0 Å². The lowest BCUT2D eigenvalue weighted by Gasteiger charge is -2.25. The Morgan fingerprint density at radius 1 is 0.467 bits per heavy atom. The van der Waals surface area contributed by atoms with Crippen LogP contribution in [0.15, 0.2) is 121 Å². The van der Waals surface area contributed by atoms with Crippen molar-refractivity contribution in [3.63, 3.8) is 0 Å². The third-order valence-electron chi connectivity index (χ3n) is 13.6. The normalized spacial score (nSPS) is 16.0. The summed E-state index contributed by atoms with van der Waals surface area (Å²) in [6.45, 7) is 22.5. The summed E-state index contributed by atoms with van der Waals surface area (Å²) in [7, 11) is 0. The molecule has 1 aromatic heterocycles. The third kappa shape index (κ3) is 6.13. The minimum atomic E-state index is -0.112. The number of allylic oxidation sites excluding steroid dienone is 1. The molecule has 0 radical (unpaired) electrons. The van der Waals surface area contributed by atoms with Gasteiger partial charge in [0.15, 0.2) is 0 Å². The van der Waals surface area contributed by atoms with Gasteiger partial charge in [0.05, 0.1) is 5.69 Å². The Hall–Kier alpha value is -5.57. The van der Waals surface area contributed by atoms with Crippen LogP contribution in [-0.2, 0) is 22.7 Å². The van der Waals surface area contributed by atoms with Gasteiger partial charge in [0.1, 0.15) is 5.01 Å². The molecule has 0 atom stereocenters. The Morgan fingerprint density at radius 3 is 1.48 bits per heavy atom. The second kappa shape index (κ2) is 14.9. The maximum atomic E-state index is 5.06. The van der Waals surface area contributed by atoms with Crippen molar-refractivity contribution in [2.45, 2.75) is 98.3 Å². The van der Waals surface area contributed by atoms with Crippen LogP contribution in [0.1, 0.15) is 131 Å². The van der Waals surface area contributed by atoms with Crippen molar-refractivity contribution in [3.8, 4) is 55.1 Å². The van der Waals surface area contributed by atoms with Crippen LogP contribution >= 0.6 is 11.3 Å². The summed E-state index contributed by atoms with van der Waals surface area (Å²) in [5.41, 5.74) is 23.9. The Labute approximate surface area is 362 Å². The number of hydrogen-bond acceptors (Lipinski definition) is 2. The number of thiazole rings is 1. The van der Waals surface area contributed by atoms with Gasteiger partial charge in [0.25, 0.3) is 0 Å². The smallest absolute Gasteiger partial charge is 0.124 e. The van der Waals surface area contributed by atoms with E-state index in [1.807, 2.05) is 39.0 Å². The predicted molar refractivity (Wildman–Crippen MR) is 261 cm³/mol. The first-order valence-corrected chi connectivity index (χ1v) is 23.0. The Kier molecular flexibility index (Phi) is 9.87. The van der Waals surface area contributed by atoms with Gasteiger partial charge in [0, 0.05) is 26.7 Å². The zero-order chi connectivity index (χ0) is 42.1. The molecule has 4 aliphatic rings. The molecule has 1 nitrogen and oxygen atoms in total. The summed E-state index contributed by atoms with van der Waals surface area (Å²) in [6.07, 6.45) is 11.2. The third-order valence-corrected chi connectivity index (χ3v) is 14.7. The van der Waals surface area contributed by atoms with Gasteiger partial charge in [-0.2, -0.15) is 0 Å². The first kappa shape index (κ1) is 39.9. The summed E-state index contributed by atoms with van der Waals surface area (Å²) in [5, 5.41) is 1.14. The van der Waals surface area contributed by atoms with Crippen LogP contribution in [0.3, 0.4) is 0 Å². The second-order valence-corrected chi connectivity index (χ2v) is 19.0. The van der Waals surface area contributed by atoms with Gasteiger partial charge in [-0.25, -0.2) is 4.98 Å².